The van der Waals surface area contributed by atoms with Crippen LogP contribution in [0.15, 0.2) is 71.3 Å². The van der Waals surface area contributed by atoms with Crippen LogP contribution in [0.5, 0.6) is 0 Å². The van der Waals surface area contributed by atoms with E-state index in [4.69, 9.17) is 18.9 Å². The second kappa shape index (κ2) is 11.4. The Bertz CT molecular complexity index is 885. The number of rotatable bonds is 11. The Morgan fingerprint density at radius 3 is 1.53 bits per heavy atom. The van der Waals surface area contributed by atoms with Crippen LogP contribution in [0.25, 0.3) is 0 Å². The van der Waals surface area contributed by atoms with Crippen LogP contribution in [0.2, 0.25) is 0 Å². The Hall–Kier alpha value is -3.02. The third kappa shape index (κ3) is 6.31. The summed E-state index contributed by atoms with van der Waals surface area (Å²) >= 11 is 0. The first kappa shape index (κ1) is 24.1. The topological polar surface area (TPSA) is 71.1 Å². The predicted octanol–water partition coefficient (Wildman–Crippen LogP) is 5.24. The number of ether oxygens (including phenoxy) is 4. The molecule has 2 aliphatic heterocycles. The van der Waals surface area contributed by atoms with Crippen molar-refractivity contribution in [2.75, 3.05) is 13.2 Å². The van der Waals surface area contributed by atoms with Crippen LogP contribution in [0.4, 0.5) is 0 Å². The number of unbranched alkanes of at least 4 members (excludes halogenated alkanes) is 5. The van der Waals surface area contributed by atoms with Crippen LogP contribution in [-0.2, 0) is 28.5 Å². The Labute approximate surface area is 201 Å². The number of carbonyl (C=O) groups is 2. The van der Waals surface area contributed by atoms with Crippen molar-refractivity contribution in [3.05, 3.63) is 71.3 Å². The molecule has 0 aromatic carbocycles. The molecule has 0 fully saturated rings. The minimum Gasteiger partial charge on any atom is -0.494 e. The molecule has 0 spiro atoms. The lowest BCUT2D eigenvalue weighted by atomic mass is 9.88. The van der Waals surface area contributed by atoms with E-state index in [-0.39, 0.29) is 36.0 Å². The van der Waals surface area contributed by atoms with Crippen LogP contribution >= 0.6 is 0 Å². The highest BCUT2D eigenvalue weighted by molar-refractivity contribution is 5.85. The molecule has 2 heterocycles. The van der Waals surface area contributed by atoms with E-state index in [9.17, 15) is 9.59 Å². The van der Waals surface area contributed by atoms with Crippen molar-refractivity contribution < 1.29 is 28.5 Å². The van der Waals surface area contributed by atoms with E-state index in [1.165, 1.54) is 12.8 Å². The Morgan fingerprint density at radius 2 is 1.09 bits per heavy atom. The molecule has 0 radical (unpaired) electrons. The minimum absolute atomic E-state index is 0.127. The van der Waals surface area contributed by atoms with Gasteiger partial charge in [0, 0.05) is 24.0 Å². The first-order chi connectivity index (χ1) is 16.5. The molecule has 0 saturated heterocycles. The molecule has 0 N–H and O–H groups in total. The molecule has 34 heavy (non-hydrogen) atoms. The summed E-state index contributed by atoms with van der Waals surface area (Å²) in [6.07, 6.45) is 21.1. The lowest BCUT2D eigenvalue weighted by molar-refractivity contribution is -0.144. The first-order valence-corrected chi connectivity index (χ1v) is 12.3. The molecular formula is C28H34O6. The van der Waals surface area contributed by atoms with Crippen molar-refractivity contribution in [2.24, 2.45) is 11.8 Å². The van der Waals surface area contributed by atoms with Crippen molar-refractivity contribution in [2.45, 2.75) is 64.6 Å². The van der Waals surface area contributed by atoms with Crippen LogP contribution in [0.3, 0.4) is 0 Å². The third-order valence-electron chi connectivity index (χ3n) is 6.62. The van der Waals surface area contributed by atoms with E-state index in [0.29, 0.717) is 13.2 Å². The van der Waals surface area contributed by atoms with Gasteiger partial charge in [-0.05, 0) is 51.0 Å². The first-order valence-electron chi connectivity index (χ1n) is 12.3. The summed E-state index contributed by atoms with van der Waals surface area (Å²) in [6.45, 7) is 5.25. The van der Waals surface area contributed by atoms with Gasteiger partial charge in [0.2, 0.25) is 0 Å². The molecular weight excluding hydrogens is 432 g/mol. The molecule has 0 unspecified atom stereocenters. The molecule has 0 aromatic rings. The van der Waals surface area contributed by atoms with Gasteiger partial charge >= 0.3 is 11.9 Å². The summed E-state index contributed by atoms with van der Waals surface area (Å²) in [4.78, 5) is 23.2. The Kier molecular flexibility index (Phi) is 8.09. The fourth-order valence-corrected chi connectivity index (χ4v) is 4.68. The smallest absolute Gasteiger partial charge is 0.331 e. The molecule has 6 heteroatoms. The number of esters is 2. The number of fused-ring (bicyclic) bond motifs is 2. The number of hydrogen-bond donors (Lipinski definition) is 0. The maximum absolute atomic E-state index is 11.6. The second-order valence-electron chi connectivity index (χ2n) is 9.31. The van der Waals surface area contributed by atoms with Gasteiger partial charge in [-0.25, -0.2) is 9.59 Å². The van der Waals surface area contributed by atoms with Crippen molar-refractivity contribution >= 4 is 11.9 Å². The quantitative estimate of drug-likeness (QED) is 0.306. The monoisotopic (exact) mass is 466 g/mol. The van der Waals surface area contributed by atoms with Gasteiger partial charge in [0.05, 0.1) is 13.2 Å². The predicted molar refractivity (Wildman–Crippen MR) is 128 cm³/mol. The fraction of sp³-hybridized carbons (Fsp3) is 0.500. The molecule has 0 aromatic heterocycles. The zero-order chi connectivity index (χ0) is 23.9. The summed E-state index contributed by atoms with van der Waals surface area (Å²) in [5.74, 6) is 1.26. The van der Waals surface area contributed by atoms with Crippen molar-refractivity contribution in [1.29, 1.82) is 0 Å². The van der Waals surface area contributed by atoms with Crippen molar-refractivity contribution in [3.8, 4) is 0 Å². The number of hydrogen-bond acceptors (Lipinski definition) is 6. The number of carbonyl (C=O) groups excluding carboxylic acids is 2. The molecule has 0 saturated carbocycles. The third-order valence-corrected chi connectivity index (χ3v) is 6.62. The average molecular weight is 467 g/mol. The van der Waals surface area contributed by atoms with Crippen LogP contribution in [0, 0.1) is 11.8 Å². The van der Waals surface area contributed by atoms with Gasteiger partial charge < -0.3 is 18.9 Å². The van der Waals surface area contributed by atoms with E-state index < -0.39 is 0 Å². The lowest BCUT2D eigenvalue weighted by Crippen LogP contribution is -2.31. The zero-order valence-corrected chi connectivity index (χ0v) is 20.0. The van der Waals surface area contributed by atoms with E-state index >= 15 is 0 Å². The molecule has 182 valence electrons. The van der Waals surface area contributed by atoms with Crippen LogP contribution in [-0.4, -0.2) is 37.4 Å². The maximum atomic E-state index is 11.6. The highest BCUT2D eigenvalue weighted by Gasteiger charge is 2.31. The van der Waals surface area contributed by atoms with Crippen molar-refractivity contribution in [1.82, 2.24) is 0 Å². The molecule has 4 aliphatic rings. The van der Waals surface area contributed by atoms with Gasteiger partial charge in [0.25, 0.3) is 0 Å². The molecule has 4 atom stereocenters. The second-order valence-corrected chi connectivity index (χ2v) is 9.31. The van der Waals surface area contributed by atoms with E-state index in [2.05, 4.69) is 12.2 Å². The van der Waals surface area contributed by atoms with Gasteiger partial charge in [-0.1, -0.05) is 49.0 Å². The largest absolute Gasteiger partial charge is 0.494 e. The summed E-state index contributed by atoms with van der Waals surface area (Å²) in [5, 5.41) is 0. The lowest BCUT2D eigenvalue weighted by Gasteiger charge is -2.29. The molecule has 4 rings (SSSR count). The van der Waals surface area contributed by atoms with Gasteiger partial charge in [-0.15, -0.1) is 0 Å². The molecule has 2 aliphatic carbocycles. The van der Waals surface area contributed by atoms with Crippen molar-refractivity contribution in [3.63, 3.8) is 0 Å². The Balaban J connectivity index is 1.03. The molecule has 6 nitrogen and oxygen atoms in total. The van der Waals surface area contributed by atoms with Crippen LogP contribution < -0.4 is 0 Å². The Morgan fingerprint density at radius 1 is 0.676 bits per heavy atom. The maximum Gasteiger partial charge on any atom is 0.331 e. The highest BCUT2D eigenvalue weighted by Crippen LogP contribution is 2.31. The zero-order valence-electron chi connectivity index (χ0n) is 20.0. The highest BCUT2D eigenvalue weighted by atomic mass is 16.6. The summed E-state index contributed by atoms with van der Waals surface area (Å²) in [6, 6.07) is 0. The molecule has 0 amide bonds. The SMILES string of the molecule is CC1=CC(=O)O[C@@H]2C=C(OCCCCCCCCOC3=C[C@@H]4OC(=O)C=C(C)[C@@H]4C=C3)C=C[C@H]12. The standard InChI is InChI=1S/C28H34O6/c1-19-15-27(29)33-25-17-21(9-11-23(19)25)31-13-7-5-3-4-6-8-14-32-22-10-12-24-20(2)16-28(30)34-26(24)18-22/h9-12,15-18,23-26H,3-8,13-14H2,1-2H3/t23-,24+,25-,26+. The number of allylic oxidation sites excluding steroid dienone is 2. The van der Waals surface area contributed by atoms with Gasteiger partial charge in [0.1, 0.15) is 23.7 Å². The minimum atomic E-state index is -0.280. The normalized spacial score (nSPS) is 27.4. The average Bonchev–Trinajstić information content (AvgIpc) is 2.79. The summed E-state index contributed by atoms with van der Waals surface area (Å²) in [7, 11) is 0. The van der Waals surface area contributed by atoms with E-state index in [0.717, 1.165) is 48.3 Å². The van der Waals surface area contributed by atoms with Crippen LogP contribution in [0.1, 0.15) is 52.4 Å². The summed E-state index contributed by atoms with van der Waals surface area (Å²) in [5.41, 5.74) is 2.06. The van der Waals surface area contributed by atoms with Gasteiger partial charge in [0.15, 0.2) is 0 Å². The van der Waals surface area contributed by atoms with E-state index in [1.807, 2.05) is 38.2 Å². The molecule has 0 bridgehead atoms. The van der Waals surface area contributed by atoms with Gasteiger partial charge in [-0.3, -0.25) is 0 Å². The fourth-order valence-electron chi connectivity index (χ4n) is 4.68. The van der Waals surface area contributed by atoms with E-state index in [1.54, 1.807) is 12.2 Å². The summed E-state index contributed by atoms with van der Waals surface area (Å²) < 4.78 is 22.5. The van der Waals surface area contributed by atoms with Gasteiger partial charge in [-0.2, -0.15) is 0 Å².